The Morgan fingerprint density at radius 1 is 1.25 bits per heavy atom. The van der Waals surface area contributed by atoms with Gasteiger partial charge in [0.1, 0.15) is 4.90 Å². The Morgan fingerprint density at radius 2 is 1.80 bits per heavy atom. The molecule has 1 unspecified atom stereocenters. The zero-order chi connectivity index (χ0) is 15.7. The second kappa shape index (κ2) is 6.62. The van der Waals surface area contributed by atoms with Gasteiger partial charge >= 0.3 is 0 Å². The molecule has 0 aromatic heterocycles. The molecule has 4 nitrogen and oxygen atoms in total. The Kier molecular flexibility index (Phi) is 5.87. The summed E-state index contributed by atoms with van der Waals surface area (Å²) in [7, 11) is -2.21. The molecule has 7 heteroatoms. The highest BCUT2D eigenvalue weighted by atomic mass is 35.5. The van der Waals surface area contributed by atoms with E-state index in [4.69, 9.17) is 23.2 Å². The second-order valence-corrected chi connectivity index (χ2v) is 7.75. The molecule has 1 atom stereocenters. The van der Waals surface area contributed by atoms with Crippen molar-refractivity contribution in [2.75, 3.05) is 7.05 Å². The predicted octanol–water partition coefficient (Wildman–Crippen LogP) is 3.15. The predicted molar refractivity (Wildman–Crippen MR) is 81.6 cm³/mol. The number of aliphatic hydroxyl groups excluding tert-OH is 1. The third-order valence-corrected chi connectivity index (χ3v) is 6.39. The summed E-state index contributed by atoms with van der Waals surface area (Å²) in [5.74, 6) is 0.165. The number of benzene rings is 1. The van der Waals surface area contributed by atoms with E-state index < -0.39 is 16.6 Å². The Balaban J connectivity index is 3.37. The van der Waals surface area contributed by atoms with Crippen LogP contribution in [0.15, 0.2) is 17.0 Å². The van der Waals surface area contributed by atoms with E-state index >= 15 is 0 Å². The highest BCUT2D eigenvalue weighted by Gasteiger charge is 2.30. The van der Waals surface area contributed by atoms with Crippen LogP contribution in [0.2, 0.25) is 10.0 Å². The van der Waals surface area contributed by atoms with Crippen molar-refractivity contribution < 1.29 is 13.5 Å². The van der Waals surface area contributed by atoms with Crippen LogP contribution in [0.3, 0.4) is 0 Å². The fourth-order valence-electron chi connectivity index (χ4n) is 1.71. The van der Waals surface area contributed by atoms with Crippen molar-refractivity contribution >= 4 is 33.2 Å². The Hall–Kier alpha value is -0.330. The van der Waals surface area contributed by atoms with Crippen LogP contribution in [0.25, 0.3) is 0 Å². The van der Waals surface area contributed by atoms with Crippen LogP contribution in [0, 0.1) is 5.92 Å². The SMILES string of the molecule is CC(C)C(C)N(C)S(=O)(=O)c1ccc(Cl)c(CO)c1Cl. The number of sulfonamides is 1. The molecule has 0 saturated carbocycles. The van der Waals surface area contributed by atoms with Gasteiger partial charge in [0, 0.05) is 23.7 Å². The minimum Gasteiger partial charge on any atom is -0.392 e. The van der Waals surface area contributed by atoms with Gasteiger partial charge in [-0.05, 0) is 25.0 Å². The lowest BCUT2D eigenvalue weighted by atomic mass is 10.1. The van der Waals surface area contributed by atoms with Gasteiger partial charge < -0.3 is 5.11 Å². The molecular formula is C13H19Cl2NO3S. The standard InChI is InChI=1S/C13H19Cl2NO3S/c1-8(2)9(3)16(4)20(18,19)12-6-5-11(14)10(7-17)13(12)15/h5-6,8-9,17H,7H2,1-4H3. The van der Waals surface area contributed by atoms with Crippen LogP contribution < -0.4 is 0 Å². The van der Waals surface area contributed by atoms with Crippen molar-refractivity contribution in [2.24, 2.45) is 5.92 Å². The molecule has 0 spiro atoms. The van der Waals surface area contributed by atoms with Crippen molar-refractivity contribution in [3.05, 3.63) is 27.7 Å². The molecule has 1 aromatic carbocycles. The number of halogens is 2. The van der Waals surface area contributed by atoms with Crippen LogP contribution in [-0.4, -0.2) is 30.9 Å². The van der Waals surface area contributed by atoms with Gasteiger partial charge in [-0.15, -0.1) is 0 Å². The number of aliphatic hydroxyl groups is 1. The third-order valence-electron chi connectivity index (χ3n) is 3.50. The highest BCUT2D eigenvalue weighted by molar-refractivity contribution is 7.89. The van der Waals surface area contributed by atoms with Crippen molar-refractivity contribution in [3.63, 3.8) is 0 Å². The summed E-state index contributed by atoms with van der Waals surface area (Å²) >= 11 is 12.0. The summed E-state index contributed by atoms with van der Waals surface area (Å²) in [6.07, 6.45) is 0. The molecule has 1 aromatic rings. The molecule has 0 aliphatic rings. The maximum Gasteiger partial charge on any atom is 0.244 e. The number of nitrogens with zero attached hydrogens (tertiary/aromatic N) is 1. The molecule has 1 N–H and O–H groups in total. The van der Waals surface area contributed by atoms with Crippen LogP contribution in [0.1, 0.15) is 26.3 Å². The Labute approximate surface area is 130 Å². The van der Waals surface area contributed by atoms with Crippen LogP contribution in [0.5, 0.6) is 0 Å². The Bertz CT molecular complexity index is 588. The smallest absolute Gasteiger partial charge is 0.244 e. The summed E-state index contributed by atoms with van der Waals surface area (Å²) < 4.78 is 26.5. The van der Waals surface area contributed by atoms with E-state index in [0.717, 1.165) is 0 Å². The molecule has 20 heavy (non-hydrogen) atoms. The van der Waals surface area contributed by atoms with E-state index in [1.54, 1.807) is 0 Å². The van der Waals surface area contributed by atoms with Crippen LogP contribution in [0.4, 0.5) is 0 Å². The minimum atomic E-state index is -3.73. The largest absolute Gasteiger partial charge is 0.392 e. The normalized spacial score (nSPS) is 14.1. The fourth-order valence-corrected chi connectivity index (χ4v) is 4.08. The first-order valence-corrected chi connectivity index (χ1v) is 8.40. The van der Waals surface area contributed by atoms with E-state index in [-0.39, 0.29) is 32.5 Å². The average molecular weight is 340 g/mol. The zero-order valence-corrected chi connectivity index (χ0v) is 14.2. The summed E-state index contributed by atoms with van der Waals surface area (Å²) in [5, 5.41) is 9.47. The summed E-state index contributed by atoms with van der Waals surface area (Å²) in [6, 6.07) is 2.62. The summed E-state index contributed by atoms with van der Waals surface area (Å²) in [6.45, 7) is 5.31. The number of hydrogen-bond donors (Lipinski definition) is 1. The molecule has 0 saturated heterocycles. The lowest BCUT2D eigenvalue weighted by Gasteiger charge is -2.27. The first kappa shape index (κ1) is 17.7. The van der Waals surface area contributed by atoms with Gasteiger partial charge in [-0.2, -0.15) is 4.31 Å². The van der Waals surface area contributed by atoms with Crippen molar-refractivity contribution in [1.29, 1.82) is 0 Å². The first-order chi connectivity index (χ1) is 9.14. The van der Waals surface area contributed by atoms with Crippen molar-refractivity contribution in [3.8, 4) is 0 Å². The molecule has 0 aliphatic carbocycles. The zero-order valence-electron chi connectivity index (χ0n) is 11.9. The monoisotopic (exact) mass is 339 g/mol. The molecule has 0 amide bonds. The second-order valence-electron chi connectivity index (χ2n) is 5.00. The lowest BCUT2D eigenvalue weighted by Crippen LogP contribution is -2.38. The van der Waals surface area contributed by atoms with Gasteiger partial charge in [0.05, 0.1) is 11.6 Å². The lowest BCUT2D eigenvalue weighted by molar-refractivity contribution is 0.281. The summed E-state index contributed by atoms with van der Waals surface area (Å²) in [4.78, 5) is -0.0392. The van der Waals surface area contributed by atoms with Gasteiger partial charge in [0.25, 0.3) is 0 Å². The van der Waals surface area contributed by atoms with Gasteiger partial charge in [-0.1, -0.05) is 37.0 Å². The van der Waals surface area contributed by atoms with Gasteiger partial charge in [-0.25, -0.2) is 8.42 Å². The number of rotatable bonds is 5. The molecule has 1 rings (SSSR count). The molecule has 114 valence electrons. The van der Waals surface area contributed by atoms with Crippen LogP contribution in [-0.2, 0) is 16.6 Å². The van der Waals surface area contributed by atoms with E-state index in [2.05, 4.69) is 0 Å². The van der Waals surface area contributed by atoms with Gasteiger partial charge in [-0.3, -0.25) is 0 Å². The molecule has 0 bridgehead atoms. The maximum absolute atomic E-state index is 12.6. The maximum atomic E-state index is 12.6. The van der Waals surface area contributed by atoms with Crippen molar-refractivity contribution in [2.45, 2.75) is 38.3 Å². The Morgan fingerprint density at radius 3 is 2.25 bits per heavy atom. The molecule has 0 aliphatic heterocycles. The molecule has 0 radical (unpaired) electrons. The topological polar surface area (TPSA) is 57.6 Å². The van der Waals surface area contributed by atoms with E-state index in [1.807, 2.05) is 20.8 Å². The van der Waals surface area contributed by atoms with E-state index in [1.165, 1.54) is 23.5 Å². The first-order valence-electron chi connectivity index (χ1n) is 6.20. The fraction of sp³-hybridized carbons (Fsp3) is 0.538. The average Bonchev–Trinajstić information content (AvgIpc) is 2.36. The molecular weight excluding hydrogens is 321 g/mol. The quantitative estimate of drug-likeness (QED) is 0.896. The summed E-state index contributed by atoms with van der Waals surface area (Å²) in [5.41, 5.74) is 0.222. The van der Waals surface area contributed by atoms with Gasteiger partial charge in [0.2, 0.25) is 10.0 Å². The van der Waals surface area contributed by atoms with Crippen LogP contribution >= 0.6 is 23.2 Å². The molecule has 0 fully saturated rings. The number of hydrogen-bond acceptors (Lipinski definition) is 3. The third kappa shape index (κ3) is 3.28. The molecule has 0 heterocycles. The van der Waals surface area contributed by atoms with Crippen molar-refractivity contribution in [1.82, 2.24) is 4.31 Å². The van der Waals surface area contributed by atoms with E-state index in [9.17, 15) is 13.5 Å². The minimum absolute atomic E-state index is 0.0252. The van der Waals surface area contributed by atoms with E-state index in [0.29, 0.717) is 0 Å². The highest BCUT2D eigenvalue weighted by Crippen LogP contribution is 2.33. The van der Waals surface area contributed by atoms with Gasteiger partial charge in [0.15, 0.2) is 0 Å².